The van der Waals surface area contributed by atoms with Crippen LogP contribution in [0.15, 0.2) is 66.0 Å². The highest BCUT2D eigenvalue weighted by Gasteiger charge is 2.07. The smallest absolute Gasteiger partial charge is 0.267 e. The van der Waals surface area contributed by atoms with Crippen molar-refractivity contribution in [2.45, 2.75) is 6.54 Å². The lowest BCUT2D eigenvalue weighted by Gasteiger charge is -2.08. The van der Waals surface area contributed by atoms with Gasteiger partial charge in [0.15, 0.2) is 5.82 Å². The van der Waals surface area contributed by atoms with Gasteiger partial charge in [-0.15, -0.1) is 0 Å². The lowest BCUT2D eigenvalue weighted by Crippen LogP contribution is -2.22. The van der Waals surface area contributed by atoms with Gasteiger partial charge in [-0.1, -0.05) is 23.7 Å². The summed E-state index contributed by atoms with van der Waals surface area (Å²) in [6.07, 6.45) is 7.18. The molecule has 0 fully saturated rings. The maximum Gasteiger partial charge on any atom is 0.267 e. The van der Waals surface area contributed by atoms with Gasteiger partial charge < -0.3 is 0 Å². The number of aromatic nitrogens is 6. The summed E-state index contributed by atoms with van der Waals surface area (Å²) in [5, 5.41) is 8.64. The van der Waals surface area contributed by atoms with E-state index in [1.807, 2.05) is 45.4 Å². The molecule has 0 aliphatic heterocycles. The Morgan fingerprint density at radius 3 is 2.59 bits per heavy atom. The van der Waals surface area contributed by atoms with E-state index < -0.39 is 0 Å². The SMILES string of the molecule is Bc1cnc(-c2cccc(Cn3nc(-c4cnn(C)c4)ccc3=O)c2)nc1. The molecule has 1 aromatic carbocycles. The van der Waals surface area contributed by atoms with E-state index in [4.69, 9.17) is 0 Å². The van der Waals surface area contributed by atoms with Crippen LogP contribution < -0.4 is 11.0 Å². The molecular formula is C19H17BN6O. The van der Waals surface area contributed by atoms with Crippen molar-refractivity contribution in [2.75, 3.05) is 0 Å². The lowest BCUT2D eigenvalue weighted by atomic mass is 10.0. The molecule has 3 aromatic heterocycles. The minimum absolute atomic E-state index is 0.153. The largest absolute Gasteiger partial charge is 0.275 e. The van der Waals surface area contributed by atoms with Crippen molar-refractivity contribution in [3.05, 3.63) is 77.1 Å². The van der Waals surface area contributed by atoms with Crippen LogP contribution in [-0.4, -0.2) is 37.4 Å². The second-order valence-electron chi connectivity index (χ2n) is 6.40. The fraction of sp³-hybridized carbons (Fsp3) is 0.105. The van der Waals surface area contributed by atoms with Crippen LogP contribution in [0.2, 0.25) is 0 Å². The van der Waals surface area contributed by atoms with Crippen LogP contribution in [-0.2, 0) is 13.6 Å². The van der Waals surface area contributed by atoms with Crippen molar-refractivity contribution >= 4 is 13.3 Å². The standard InChI is InChI=1S/C19H17BN6O/c1-25-12-15(8-23-25)17-5-6-18(27)26(24-17)11-13-3-2-4-14(7-13)19-21-9-16(20)10-22-19/h2-10,12H,11,20H2,1H3. The quantitative estimate of drug-likeness (QED) is 0.495. The molecule has 0 atom stereocenters. The molecular weight excluding hydrogens is 339 g/mol. The minimum Gasteiger partial charge on any atom is -0.275 e. The van der Waals surface area contributed by atoms with E-state index >= 15 is 0 Å². The van der Waals surface area contributed by atoms with Crippen molar-refractivity contribution in [3.8, 4) is 22.6 Å². The van der Waals surface area contributed by atoms with Crippen LogP contribution in [0.4, 0.5) is 0 Å². The third-order valence-corrected chi connectivity index (χ3v) is 4.17. The second-order valence-corrected chi connectivity index (χ2v) is 6.40. The second kappa shape index (κ2) is 6.99. The third kappa shape index (κ3) is 3.69. The molecule has 0 saturated carbocycles. The first-order valence-corrected chi connectivity index (χ1v) is 8.54. The Balaban J connectivity index is 1.65. The van der Waals surface area contributed by atoms with Crippen LogP contribution in [0.5, 0.6) is 0 Å². The first-order chi connectivity index (χ1) is 13.1. The van der Waals surface area contributed by atoms with Crippen LogP contribution in [0, 0.1) is 0 Å². The van der Waals surface area contributed by atoms with E-state index in [1.54, 1.807) is 29.3 Å². The molecule has 3 heterocycles. The highest BCUT2D eigenvalue weighted by Crippen LogP contribution is 2.17. The first-order valence-electron chi connectivity index (χ1n) is 8.54. The molecule has 0 amide bonds. The Hall–Kier alpha value is -3.55. The Bertz CT molecular complexity index is 1150. The summed E-state index contributed by atoms with van der Waals surface area (Å²) >= 11 is 0. The average molecular weight is 356 g/mol. The normalized spacial score (nSPS) is 10.9. The number of hydrogen-bond donors (Lipinski definition) is 0. The molecule has 0 unspecified atom stereocenters. The van der Waals surface area contributed by atoms with Gasteiger partial charge in [-0.25, -0.2) is 14.6 Å². The molecule has 132 valence electrons. The molecule has 4 rings (SSSR count). The third-order valence-electron chi connectivity index (χ3n) is 4.17. The van der Waals surface area contributed by atoms with Gasteiger partial charge in [0.05, 0.1) is 18.4 Å². The summed E-state index contributed by atoms with van der Waals surface area (Å²) in [7, 11) is 3.80. The van der Waals surface area contributed by atoms with E-state index in [1.165, 1.54) is 10.7 Å². The lowest BCUT2D eigenvalue weighted by molar-refractivity contribution is 0.643. The minimum atomic E-state index is -0.153. The summed E-state index contributed by atoms with van der Waals surface area (Å²) in [5.74, 6) is 0.659. The molecule has 0 bridgehead atoms. The maximum absolute atomic E-state index is 12.3. The predicted molar refractivity (Wildman–Crippen MR) is 105 cm³/mol. The molecule has 0 spiro atoms. The Morgan fingerprint density at radius 2 is 1.85 bits per heavy atom. The number of aryl methyl sites for hydroxylation is 1. The van der Waals surface area contributed by atoms with Gasteiger partial charge in [0.25, 0.3) is 5.56 Å². The summed E-state index contributed by atoms with van der Waals surface area (Å²) in [4.78, 5) is 21.0. The first kappa shape index (κ1) is 16.9. The molecule has 0 aliphatic carbocycles. The van der Waals surface area contributed by atoms with Gasteiger partial charge in [-0.2, -0.15) is 10.2 Å². The topological polar surface area (TPSA) is 78.5 Å². The summed E-state index contributed by atoms with van der Waals surface area (Å²) < 4.78 is 3.16. The van der Waals surface area contributed by atoms with Crippen molar-refractivity contribution in [3.63, 3.8) is 0 Å². The van der Waals surface area contributed by atoms with Crippen LogP contribution in [0.25, 0.3) is 22.6 Å². The number of benzene rings is 1. The number of rotatable bonds is 4. The van der Waals surface area contributed by atoms with Gasteiger partial charge in [-0.3, -0.25) is 9.48 Å². The van der Waals surface area contributed by atoms with E-state index in [2.05, 4.69) is 20.2 Å². The fourth-order valence-electron chi connectivity index (χ4n) is 2.79. The van der Waals surface area contributed by atoms with Gasteiger partial charge in [0.1, 0.15) is 7.85 Å². The Labute approximate surface area is 156 Å². The van der Waals surface area contributed by atoms with Crippen molar-refractivity contribution in [1.29, 1.82) is 0 Å². The van der Waals surface area contributed by atoms with Crippen molar-refractivity contribution in [2.24, 2.45) is 7.05 Å². The molecule has 0 saturated heterocycles. The van der Waals surface area contributed by atoms with Gasteiger partial charge in [-0.05, 0) is 17.7 Å². The Kier molecular flexibility index (Phi) is 4.37. The van der Waals surface area contributed by atoms with Gasteiger partial charge in [0.2, 0.25) is 0 Å². The molecule has 0 N–H and O–H groups in total. The molecule has 27 heavy (non-hydrogen) atoms. The zero-order chi connectivity index (χ0) is 18.8. The average Bonchev–Trinajstić information content (AvgIpc) is 3.11. The summed E-state index contributed by atoms with van der Waals surface area (Å²) in [5.41, 5.74) is 4.30. The predicted octanol–water partition coefficient (Wildman–Crippen LogP) is 0.407. The molecule has 8 heteroatoms. The van der Waals surface area contributed by atoms with E-state index in [-0.39, 0.29) is 5.56 Å². The van der Waals surface area contributed by atoms with Gasteiger partial charge in [0, 0.05) is 42.8 Å². The monoisotopic (exact) mass is 356 g/mol. The molecule has 4 aromatic rings. The summed E-state index contributed by atoms with van der Waals surface area (Å²) in [6, 6.07) is 11.1. The molecule has 0 aliphatic rings. The van der Waals surface area contributed by atoms with Crippen LogP contribution in [0.1, 0.15) is 5.56 Å². The van der Waals surface area contributed by atoms with E-state index in [0.717, 1.165) is 22.2 Å². The van der Waals surface area contributed by atoms with Crippen LogP contribution in [0.3, 0.4) is 0 Å². The van der Waals surface area contributed by atoms with Crippen molar-refractivity contribution in [1.82, 2.24) is 29.5 Å². The molecule has 0 radical (unpaired) electrons. The van der Waals surface area contributed by atoms with E-state index in [9.17, 15) is 4.79 Å². The maximum atomic E-state index is 12.3. The fourth-order valence-corrected chi connectivity index (χ4v) is 2.79. The highest BCUT2D eigenvalue weighted by atomic mass is 16.1. The summed E-state index contributed by atoms with van der Waals surface area (Å²) in [6.45, 7) is 0.368. The van der Waals surface area contributed by atoms with Crippen LogP contribution >= 0.6 is 0 Å². The van der Waals surface area contributed by atoms with Gasteiger partial charge >= 0.3 is 0 Å². The zero-order valence-corrected chi connectivity index (χ0v) is 15.1. The van der Waals surface area contributed by atoms with Crippen molar-refractivity contribution < 1.29 is 0 Å². The highest BCUT2D eigenvalue weighted by molar-refractivity contribution is 6.31. The Morgan fingerprint density at radius 1 is 1.04 bits per heavy atom. The number of hydrogen-bond acceptors (Lipinski definition) is 5. The molecule has 7 nitrogen and oxygen atoms in total. The van der Waals surface area contributed by atoms with E-state index in [0.29, 0.717) is 18.1 Å². The zero-order valence-electron chi connectivity index (χ0n) is 15.1. The number of nitrogens with zero attached hydrogens (tertiary/aromatic N) is 6.